The summed E-state index contributed by atoms with van der Waals surface area (Å²) in [7, 11) is 0. The summed E-state index contributed by atoms with van der Waals surface area (Å²) in [5.41, 5.74) is 12.4. The minimum Gasteiger partial charge on any atom is -0.370 e. The molecule has 6 N–H and O–H groups in total. The number of hydrogen-bond donors (Lipinski definition) is 4. The molecule has 0 spiro atoms. The highest BCUT2D eigenvalue weighted by molar-refractivity contribution is 5.94. The number of hydrogen-bond acceptors (Lipinski definition) is 3. The highest BCUT2D eigenvalue weighted by Crippen LogP contribution is 2.11. The predicted molar refractivity (Wildman–Crippen MR) is 79.1 cm³/mol. The molecular formula is C13H24N6O. The number of primary amides is 1. The van der Waals surface area contributed by atoms with E-state index in [9.17, 15) is 4.79 Å². The molecule has 0 atom stereocenters. The van der Waals surface area contributed by atoms with Gasteiger partial charge in [0.2, 0.25) is 0 Å². The Morgan fingerprint density at radius 3 is 2.80 bits per heavy atom. The number of nitrogens with two attached hydrogens (primary N) is 2. The largest absolute Gasteiger partial charge is 0.370 e. The molecule has 0 saturated heterocycles. The molecule has 1 rings (SSSR count). The van der Waals surface area contributed by atoms with Crippen LogP contribution in [0.3, 0.4) is 0 Å². The molecule has 0 unspecified atom stereocenters. The van der Waals surface area contributed by atoms with Gasteiger partial charge in [0, 0.05) is 0 Å². The van der Waals surface area contributed by atoms with Gasteiger partial charge in [-0.1, -0.05) is 32.6 Å². The Balaban J connectivity index is 2.40. The van der Waals surface area contributed by atoms with E-state index in [4.69, 9.17) is 11.5 Å². The first kappa shape index (κ1) is 16.0. The molecule has 1 heterocycles. The predicted octanol–water partition coefficient (Wildman–Crippen LogP) is 1.41. The van der Waals surface area contributed by atoms with Crippen molar-refractivity contribution in [1.82, 2.24) is 15.3 Å². The lowest BCUT2D eigenvalue weighted by Gasteiger charge is -2.02. The number of aromatic amines is 1. The maximum Gasteiger partial charge on any atom is 0.318 e. The number of urea groups is 1. The quantitative estimate of drug-likeness (QED) is 0.327. The molecule has 1 aromatic heterocycles. The van der Waals surface area contributed by atoms with Crippen LogP contribution in [0, 0.1) is 0 Å². The maximum absolute atomic E-state index is 10.6. The third kappa shape index (κ3) is 6.21. The van der Waals surface area contributed by atoms with Crippen LogP contribution >= 0.6 is 0 Å². The second kappa shape index (κ2) is 8.95. The number of carbonyl (C=O) groups excluding carboxylic acids is 1. The van der Waals surface area contributed by atoms with Gasteiger partial charge in [-0.25, -0.2) is 14.8 Å². The van der Waals surface area contributed by atoms with E-state index in [1.165, 1.54) is 25.7 Å². The molecule has 112 valence electrons. The lowest BCUT2D eigenvalue weighted by Crippen LogP contribution is -2.40. The Bertz CT molecular complexity index is 440. The minimum atomic E-state index is -0.716. The molecule has 0 fully saturated rings. The topological polar surface area (TPSA) is 122 Å². The number of amides is 2. The summed E-state index contributed by atoms with van der Waals surface area (Å²) in [6.07, 6.45) is 8.72. The summed E-state index contributed by atoms with van der Waals surface area (Å²) in [5, 5.41) is 2.22. The van der Waals surface area contributed by atoms with Gasteiger partial charge in [-0.3, -0.25) is 5.32 Å². The molecule has 1 aromatic rings. The van der Waals surface area contributed by atoms with Crippen molar-refractivity contribution in [2.24, 2.45) is 16.5 Å². The van der Waals surface area contributed by atoms with E-state index in [1.54, 1.807) is 6.33 Å². The van der Waals surface area contributed by atoms with E-state index < -0.39 is 6.03 Å². The average molecular weight is 280 g/mol. The van der Waals surface area contributed by atoms with Crippen LogP contribution in [0.2, 0.25) is 0 Å². The van der Waals surface area contributed by atoms with Gasteiger partial charge >= 0.3 is 6.03 Å². The van der Waals surface area contributed by atoms with Crippen LogP contribution < -0.4 is 16.8 Å². The summed E-state index contributed by atoms with van der Waals surface area (Å²) in [5.74, 6) is 0.0148. The van der Waals surface area contributed by atoms with Crippen LogP contribution in [0.1, 0.15) is 50.4 Å². The van der Waals surface area contributed by atoms with Crippen molar-refractivity contribution in [3.8, 4) is 0 Å². The average Bonchev–Trinajstić information content (AvgIpc) is 2.83. The molecule has 0 aliphatic carbocycles. The first-order valence-electron chi connectivity index (χ1n) is 7.01. The van der Waals surface area contributed by atoms with E-state index in [0.717, 1.165) is 24.2 Å². The standard InChI is InChI=1S/C13H24N6O/c1-2-3-4-5-6-7-10-11(18-9-17-10)8-16-12(14)19-13(15)20/h9H,2-8H2,1H3,(H,17,18)(H5,14,15,16,19,20). The third-order valence-electron chi connectivity index (χ3n) is 2.98. The van der Waals surface area contributed by atoms with Crippen LogP contribution in [0.4, 0.5) is 4.79 Å². The summed E-state index contributed by atoms with van der Waals surface area (Å²) in [4.78, 5) is 22.0. The van der Waals surface area contributed by atoms with Crippen molar-refractivity contribution in [2.45, 2.75) is 52.0 Å². The van der Waals surface area contributed by atoms with Crippen molar-refractivity contribution < 1.29 is 4.79 Å². The number of imidazole rings is 1. The van der Waals surface area contributed by atoms with Gasteiger partial charge in [0.1, 0.15) is 0 Å². The van der Waals surface area contributed by atoms with Crippen molar-refractivity contribution >= 4 is 12.0 Å². The molecule has 0 aliphatic rings. The number of nitrogens with zero attached hydrogens (tertiary/aromatic N) is 2. The van der Waals surface area contributed by atoms with Crippen LogP contribution in [0.25, 0.3) is 0 Å². The molecule has 7 heteroatoms. The number of rotatable bonds is 8. The molecule has 20 heavy (non-hydrogen) atoms. The Hall–Kier alpha value is -2.05. The van der Waals surface area contributed by atoms with E-state index in [-0.39, 0.29) is 5.96 Å². The zero-order valence-electron chi connectivity index (χ0n) is 12.0. The van der Waals surface area contributed by atoms with Gasteiger partial charge in [-0.15, -0.1) is 0 Å². The number of carbonyl (C=O) groups is 1. The van der Waals surface area contributed by atoms with Crippen LogP contribution in [-0.4, -0.2) is 22.0 Å². The lowest BCUT2D eigenvalue weighted by molar-refractivity contribution is 0.253. The Labute approximate surface area is 119 Å². The van der Waals surface area contributed by atoms with E-state index in [1.807, 2.05) is 0 Å². The number of aryl methyl sites for hydroxylation is 1. The van der Waals surface area contributed by atoms with E-state index in [2.05, 4.69) is 27.2 Å². The molecule has 0 saturated carbocycles. The van der Waals surface area contributed by atoms with Crippen LogP contribution in [0.5, 0.6) is 0 Å². The molecule has 7 nitrogen and oxygen atoms in total. The summed E-state index contributed by atoms with van der Waals surface area (Å²) in [6.45, 7) is 2.56. The smallest absolute Gasteiger partial charge is 0.318 e. The zero-order chi connectivity index (χ0) is 14.8. The highest BCUT2D eigenvalue weighted by atomic mass is 16.2. The van der Waals surface area contributed by atoms with Gasteiger partial charge in [0.25, 0.3) is 0 Å². The van der Waals surface area contributed by atoms with Gasteiger partial charge < -0.3 is 16.5 Å². The number of unbranched alkanes of at least 4 members (excludes halogenated alkanes) is 4. The van der Waals surface area contributed by atoms with Crippen LogP contribution in [0.15, 0.2) is 11.3 Å². The summed E-state index contributed by atoms with van der Waals surface area (Å²) in [6, 6.07) is -0.716. The number of aliphatic imine (C=N–C) groups is 1. The van der Waals surface area contributed by atoms with Crippen molar-refractivity contribution in [3.63, 3.8) is 0 Å². The number of guanidine groups is 1. The van der Waals surface area contributed by atoms with E-state index in [0.29, 0.717) is 6.54 Å². The minimum absolute atomic E-state index is 0.0148. The lowest BCUT2D eigenvalue weighted by atomic mass is 10.1. The Kier molecular flexibility index (Phi) is 7.16. The summed E-state index contributed by atoms with van der Waals surface area (Å²) >= 11 is 0. The second-order valence-electron chi connectivity index (χ2n) is 4.68. The van der Waals surface area contributed by atoms with Gasteiger partial charge in [0.15, 0.2) is 5.96 Å². The molecule has 2 amide bonds. The number of aromatic nitrogens is 2. The fourth-order valence-electron chi connectivity index (χ4n) is 1.93. The van der Waals surface area contributed by atoms with Crippen molar-refractivity contribution in [1.29, 1.82) is 0 Å². The van der Waals surface area contributed by atoms with Gasteiger partial charge in [0.05, 0.1) is 24.3 Å². The zero-order valence-corrected chi connectivity index (χ0v) is 12.0. The molecular weight excluding hydrogens is 256 g/mol. The fourth-order valence-corrected chi connectivity index (χ4v) is 1.93. The highest BCUT2D eigenvalue weighted by Gasteiger charge is 2.05. The van der Waals surface area contributed by atoms with E-state index >= 15 is 0 Å². The summed E-state index contributed by atoms with van der Waals surface area (Å²) < 4.78 is 0. The molecule has 0 aromatic carbocycles. The normalized spacial score (nSPS) is 11.6. The second-order valence-corrected chi connectivity index (χ2v) is 4.68. The molecule has 0 bridgehead atoms. The monoisotopic (exact) mass is 280 g/mol. The molecule has 0 aliphatic heterocycles. The molecule has 0 radical (unpaired) electrons. The van der Waals surface area contributed by atoms with Crippen molar-refractivity contribution in [2.75, 3.05) is 0 Å². The fraction of sp³-hybridized carbons (Fsp3) is 0.615. The first-order valence-corrected chi connectivity index (χ1v) is 7.01. The van der Waals surface area contributed by atoms with Gasteiger partial charge in [-0.05, 0) is 12.8 Å². The number of H-pyrrole nitrogens is 1. The Morgan fingerprint density at radius 1 is 1.35 bits per heavy atom. The third-order valence-corrected chi connectivity index (χ3v) is 2.98. The number of nitrogens with one attached hydrogen (secondary N) is 2. The Morgan fingerprint density at radius 2 is 2.10 bits per heavy atom. The van der Waals surface area contributed by atoms with Crippen LogP contribution in [-0.2, 0) is 13.0 Å². The first-order chi connectivity index (χ1) is 9.63. The van der Waals surface area contributed by atoms with Crippen molar-refractivity contribution in [3.05, 3.63) is 17.7 Å². The SMILES string of the molecule is CCCCCCCc1nc[nH]c1CN=C(N)NC(N)=O. The maximum atomic E-state index is 10.6. The van der Waals surface area contributed by atoms with Gasteiger partial charge in [-0.2, -0.15) is 0 Å².